The molecule has 7 heteroatoms. The number of aromatic nitrogens is 1. The Kier molecular flexibility index (Phi) is 5.98. The lowest BCUT2D eigenvalue weighted by molar-refractivity contribution is -0.132. The van der Waals surface area contributed by atoms with E-state index in [-0.39, 0.29) is 21.4 Å². The smallest absolute Gasteiger partial charge is 0.331 e. The van der Waals surface area contributed by atoms with Crippen LogP contribution in [0, 0.1) is 5.92 Å². The summed E-state index contributed by atoms with van der Waals surface area (Å²) in [7, 11) is 0. The van der Waals surface area contributed by atoms with Crippen LogP contribution in [0.3, 0.4) is 0 Å². The van der Waals surface area contributed by atoms with Crippen molar-refractivity contribution in [2.75, 3.05) is 11.4 Å². The molecule has 0 amide bonds. The predicted octanol–water partition coefficient (Wildman–Crippen LogP) is 5.85. The zero-order valence-corrected chi connectivity index (χ0v) is 19.5. The van der Waals surface area contributed by atoms with Crippen LogP contribution in [0.2, 0.25) is 0 Å². The minimum Gasteiger partial charge on any atom is -0.478 e. The zero-order chi connectivity index (χ0) is 21.6. The van der Waals surface area contributed by atoms with E-state index >= 15 is 0 Å². The molecule has 0 radical (unpaired) electrons. The first-order valence-corrected chi connectivity index (χ1v) is 11.2. The molecule has 3 rings (SSSR count). The number of carbonyl (C=O) groups is 1. The summed E-state index contributed by atoms with van der Waals surface area (Å²) in [6.07, 6.45) is 6.01. The predicted molar refractivity (Wildman–Crippen MR) is 121 cm³/mol. The van der Waals surface area contributed by atoms with Crippen LogP contribution < -0.4 is 4.90 Å². The topological polar surface area (TPSA) is 65.8 Å². The van der Waals surface area contributed by atoms with Crippen LogP contribution in [0.15, 0.2) is 27.5 Å². The molecular weight excluding hydrogens is 406 g/mol. The molecule has 5 nitrogen and oxygen atoms in total. The maximum atomic E-state index is 11.2. The number of aliphatic imine (C=N–C) groups is 1. The van der Waals surface area contributed by atoms with Gasteiger partial charge >= 0.3 is 5.97 Å². The van der Waals surface area contributed by atoms with Crippen molar-refractivity contribution in [2.24, 2.45) is 10.9 Å². The fraction of sp³-hybridized carbons (Fsp3) is 0.591. The Morgan fingerprint density at radius 3 is 2.48 bits per heavy atom. The molecule has 158 valence electrons. The normalized spacial score (nSPS) is 21.2. The van der Waals surface area contributed by atoms with Crippen molar-refractivity contribution in [3.8, 4) is 0 Å². The second kappa shape index (κ2) is 7.88. The fourth-order valence-corrected chi connectivity index (χ4v) is 5.33. The molecule has 0 aliphatic heterocycles. The van der Waals surface area contributed by atoms with Gasteiger partial charge < -0.3 is 10.0 Å². The first kappa shape index (κ1) is 22.0. The number of fused-ring (bicyclic) bond motifs is 1. The zero-order valence-electron chi connectivity index (χ0n) is 17.9. The van der Waals surface area contributed by atoms with E-state index in [1.54, 1.807) is 11.3 Å². The third-order valence-electron chi connectivity index (χ3n) is 5.91. The van der Waals surface area contributed by atoms with E-state index in [1.807, 2.05) is 4.90 Å². The highest BCUT2D eigenvalue weighted by Crippen LogP contribution is 2.50. The van der Waals surface area contributed by atoms with Crippen molar-refractivity contribution in [3.05, 3.63) is 33.1 Å². The number of allylic oxidation sites excluding steroid dienone is 2. The molecule has 1 N–H and O–H groups in total. The summed E-state index contributed by atoms with van der Waals surface area (Å²) in [5.41, 5.74) is 1.43. The van der Waals surface area contributed by atoms with E-state index in [0.717, 1.165) is 30.2 Å². The van der Waals surface area contributed by atoms with Crippen molar-refractivity contribution in [1.82, 2.24) is 4.98 Å². The summed E-state index contributed by atoms with van der Waals surface area (Å²) in [6.45, 7) is 15.1. The van der Waals surface area contributed by atoms with Gasteiger partial charge in [-0.2, -0.15) is 0 Å². The van der Waals surface area contributed by atoms with Crippen LogP contribution in [0.4, 0.5) is 5.13 Å². The summed E-state index contributed by atoms with van der Waals surface area (Å²) in [5, 5.41) is 10.3. The van der Waals surface area contributed by atoms with Gasteiger partial charge in [0, 0.05) is 27.8 Å². The summed E-state index contributed by atoms with van der Waals surface area (Å²) in [5.74, 6) is 0.0390. The van der Waals surface area contributed by atoms with Crippen LogP contribution in [-0.4, -0.2) is 29.3 Å². The van der Waals surface area contributed by atoms with Crippen molar-refractivity contribution >= 4 is 40.8 Å². The van der Waals surface area contributed by atoms with E-state index in [4.69, 9.17) is 16.6 Å². The Bertz CT molecular complexity index is 860. The Morgan fingerprint density at radius 1 is 1.34 bits per heavy atom. The van der Waals surface area contributed by atoms with Crippen molar-refractivity contribution in [3.63, 3.8) is 0 Å². The molecule has 29 heavy (non-hydrogen) atoms. The van der Waals surface area contributed by atoms with Crippen LogP contribution in [-0.2, 0) is 15.6 Å². The highest BCUT2D eigenvalue weighted by Gasteiger charge is 2.41. The van der Waals surface area contributed by atoms with Gasteiger partial charge in [0.05, 0.1) is 10.7 Å². The first-order chi connectivity index (χ1) is 13.5. The average Bonchev–Trinajstić information content (AvgIpc) is 3.32. The Balaban J connectivity index is 2.11. The molecule has 0 spiro atoms. The summed E-state index contributed by atoms with van der Waals surface area (Å²) < 4.78 is 0. The van der Waals surface area contributed by atoms with Crippen LogP contribution in [0.5, 0.6) is 0 Å². The Hall–Kier alpha value is -1.66. The molecule has 1 saturated carbocycles. The molecular formula is C22H30ClN3O2S. The van der Waals surface area contributed by atoms with Gasteiger partial charge in [-0.3, -0.25) is 0 Å². The first-order valence-electron chi connectivity index (χ1n) is 10.0. The third-order valence-corrected chi connectivity index (χ3v) is 7.64. The van der Waals surface area contributed by atoms with Crippen molar-refractivity contribution in [1.29, 1.82) is 0 Å². The highest BCUT2D eigenvalue weighted by molar-refractivity contribution is 7.16. The van der Waals surface area contributed by atoms with Gasteiger partial charge in [-0.05, 0) is 51.3 Å². The Labute approximate surface area is 182 Å². The molecule has 0 bridgehead atoms. The maximum absolute atomic E-state index is 11.2. The third kappa shape index (κ3) is 4.58. The number of anilines is 1. The summed E-state index contributed by atoms with van der Waals surface area (Å²) in [4.78, 5) is 23.8. The van der Waals surface area contributed by atoms with Crippen LogP contribution in [0.25, 0.3) is 0 Å². The molecule has 1 fully saturated rings. The molecule has 2 aliphatic carbocycles. The Morgan fingerprint density at radius 2 is 1.97 bits per heavy atom. The number of carboxylic acids is 1. The molecule has 0 saturated heterocycles. The van der Waals surface area contributed by atoms with Crippen molar-refractivity contribution < 1.29 is 9.90 Å². The standard InChI is InChI=1S/C22H30ClN3O2S/c1-13(19(27)28)11-15(23)18(24-6)26(12-14-7-8-14)20-25-16-17(29-20)22(4,5)10-9-21(16,2)3/h11,14H,6-10,12H2,1-5H3,(H,27,28)/b13-11+,18-15-. The van der Waals surface area contributed by atoms with Gasteiger partial charge in [-0.15, -0.1) is 11.3 Å². The van der Waals surface area contributed by atoms with Crippen LogP contribution in [0.1, 0.15) is 70.9 Å². The lowest BCUT2D eigenvalue weighted by atomic mass is 9.69. The monoisotopic (exact) mass is 435 g/mol. The van der Waals surface area contributed by atoms with E-state index in [9.17, 15) is 9.90 Å². The molecule has 1 aromatic rings. The molecule has 1 aromatic heterocycles. The number of hydrogen-bond donors (Lipinski definition) is 1. The van der Waals surface area contributed by atoms with Gasteiger partial charge in [0.1, 0.15) is 0 Å². The molecule has 0 unspecified atom stereocenters. The molecule has 1 heterocycles. The van der Waals surface area contributed by atoms with Gasteiger partial charge in [0.2, 0.25) is 0 Å². The number of halogens is 1. The van der Waals surface area contributed by atoms with E-state index in [0.29, 0.717) is 11.7 Å². The number of hydrogen-bond acceptors (Lipinski definition) is 5. The quantitative estimate of drug-likeness (QED) is 0.331. The molecule has 0 atom stereocenters. The van der Waals surface area contributed by atoms with Gasteiger partial charge in [-0.1, -0.05) is 39.3 Å². The number of nitrogens with zero attached hydrogens (tertiary/aromatic N) is 3. The second-order valence-corrected chi connectivity index (χ2v) is 10.8. The molecule has 2 aliphatic rings. The summed E-state index contributed by atoms with van der Waals surface area (Å²) >= 11 is 8.22. The number of thiazole rings is 1. The average molecular weight is 436 g/mol. The largest absolute Gasteiger partial charge is 0.478 e. The number of aliphatic carboxylic acids is 1. The van der Waals surface area contributed by atoms with Gasteiger partial charge in [-0.25, -0.2) is 14.8 Å². The number of carboxylic acid groups (broad SMARTS) is 1. The van der Waals surface area contributed by atoms with E-state index in [1.165, 1.54) is 30.7 Å². The minimum absolute atomic E-state index is 0.0277. The lowest BCUT2D eigenvalue weighted by Gasteiger charge is -2.37. The lowest BCUT2D eigenvalue weighted by Crippen LogP contribution is -2.32. The van der Waals surface area contributed by atoms with Crippen LogP contribution >= 0.6 is 22.9 Å². The van der Waals surface area contributed by atoms with E-state index in [2.05, 4.69) is 39.4 Å². The summed E-state index contributed by atoms with van der Waals surface area (Å²) in [6, 6.07) is 0. The minimum atomic E-state index is -1.01. The number of rotatable bonds is 7. The second-order valence-electron chi connectivity index (χ2n) is 9.46. The van der Waals surface area contributed by atoms with Gasteiger partial charge in [0.15, 0.2) is 11.0 Å². The fourth-order valence-electron chi connectivity index (χ4n) is 3.62. The molecule has 0 aromatic carbocycles. The highest BCUT2D eigenvalue weighted by atomic mass is 35.5. The SMILES string of the molecule is C=N/C(=C(Cl)\C=C(/C)C(=O)O)N(CC1CC1)c1nc2c(s1)C(C)(C)CCC2(C)C. The van der Waals surface area contributed by atoms with Gasteiger partial charge in [0.25, 0.3) is 0 Å². The van der Waals surface area contributed by atoms with E-state index < -0.39 is 5.97 Å². The maximum Gasteiger partial charge on any atom is 0.331 e. The van der Waals surface area contributed by atoms with Crippen molar-refractivity contribution in [2.45, 2.75) is 71.1 Å².